The van der Waals surface area contributed by atoms with E-state index in [0.717, 1.165) is 13.1 Å². The van der Waals surface area contributed by atoms with Crippen molar-refractivity contribution in [1.82, 2.24) is 10.3 Å². The molecule has 94 valence electrons. The fourth-order valence-corrected chi connectivity index (χ4v) is 1.82. The van der Waals surface area contributed by atoms with Crippen molar-refractivity contribution in [2.45, 2.75) is 33.1 Å². The van der Waals surface area contributed by atoms with E-state index in [9.17, 15) is 0 Å². The van der Waals surface area contributed by atoms with Crippen LogP contribution in [0.4, 0.5) is 0 Å². The molecular weight excluding hydrogens is 210 g/mol. The quantitative estimate of drug-likeness (QED) is 0.793. The van der Waals surface area contributed by atoms with Gasteiger partial charge in [0.05, 0.1) is 12.0 Å². The molecule has 0 aliphatic heterocycles. The first-order chi connectivity index (χ1) is 7.97. The van der Waals surface area contributed by atoms with Gasteiger partial charge in [-0.25, -0.2) is 0 Å². The number of aromatic nitrogens is 1. The van der Waals surface area contributed by atoms with Gasteiger partial charge >= 0.3 is 0 Å². The predicted molar refractivity (Wildman–Crippen MR) is 70.6 cm³/mol. The summed E-state index contributed by atoms with van der Waals surface area (Å²) in [4.78, 5) is 3.08. The molecule has 0 spiro atoms. The Morgan fingerprint density at radius 3 is 2.65 bits per heavy atom. The molecule has 1 aromatic heterocycles. The third kappa shape index (κ3) is 3.90. The molecular formula is C14H23N3. The second kappa shape index (κ2) is 5.88. The first kappa shape index (κ1) is 13.8. The second-order valence-electron chi connectivity index (χ2n) is 5.59. The maximum absolute atomic E-state index is 9.01. The Bertz CT molecular complexity index is 357. The summed E-state index contributed by atoms with van der Waals surface area (Å²) in [5, 5.41) is 12.4. The van der Waals surface area contributed by atoms with Crippen LogP contribution in [0.25, 0.3) is 0 Å². The molecule has 1 aromatic rings. The van der Waals surface area contributed by atoms with Gasteiger partial charge in [0.25, 0.3) is 0 Å². The second-order valence-corrected chi connectivity index (χ2v) is 5.59. The van der Waals surface area contributed by atoms with Gasteiger partial charge in [-0.15, -0.1) is 0 Å². The third-order valence-electron chi connectivity index (χ3n) is 3.28. The lowest BCUT2D eigenvalue weighted by Crippen LogP contribution is -2.36. The van der Waals surface area contributed by atoms with Gasteiger partial charge in [0.15, 0.2) is 0 Å². The monoisotopic (exact) mass is 233 g/mol. The molecule has 1 unspecified atom stereocenters. The van der Waals surface area contributed by atoms with E-state index < -0.39 is 0 Å². The van der Waals surface area contributed by atoms with Crippen LogP contribution < -0.4 is 5.32 Å². The van der Waals surface area contributed by atoms with E-state index in [1.165, 1.54) is 5.56 Å². The number of aromatic amines is 1. The standard InChI is InChI=1S/C14H23N3/c1-11(2)12(7-15)8-17-10-14(3,4)13-5-6-16-9-13/h5-6,9,11-12,16-17H,8,10H2,1-4H3. The van der Waals surface area contributed by atoms with Crippen LogP contribution in [0.1, 0.15) is 33.3 Å². The lowest BCUT2D eigenvalue weighted by molar-refractivity contribution is 0.402. The summed E-state index contributed by atoms with van der Waals surface area (Å²) >= 11 is 0. The van der Waals surface area contributed by atoms with Crippen LogP contribution in [-0.4, -0.2) is 18.1 Å². The van der Waals surface area contributed by atoms with E-state index in [0.29, 0.717) is 5.92 Å². The summed E-state index contributed by atoms with van der Waals surface area (Å²) in [5.74, 6) is 0.500. The molecule has 17 heavy (non-hydrogen) atoms. The SMILES string of the molecule is CC(C)C(C#N)CNCC(C)(C)c1cc[nH]c1. The van der Waals surface area contributed by atoms with E-state index in [-0.39, 0.29) is 11.3 Å². The van der Waals surface area contributed by atoms with Gasteiger partial charge < -0.3 is 10.3 Å². The normalized spacial score (nSPS) is 13.6. The molecule has 3 heteroatoms. The molecule has 1 rings (SSSR count). The molecule has 0 bridgehead atoms. The van der Waals surface area contributed by atoms with Crippen molar-refractivity contribution < 1.29 is 0 Å². The van der Waals surface area contributed by atoms with E-state index in [1.807, 2.05) is 12.4 Å². The van der Waals surface area contributed by atoms with Crippen LogP contribution in [0.2, 0.25) is 0 Å². The highest BCUT2D eigenvalue weighted by Crippen LogP contribution is 2.21. The van der Waals surface area contributed by atoms with Crippen LogP contribution in [0.3, 0.4) is 0 Å². The Labute approximate surface area is 104 Å². The van der Waals surface area contributed by atoms with Gasteiger partial charge in [0, 0.05) is 30.9 Å². The third-order valence-corrected chi connectivity index (χ3v) is 3.28. The van der Waals surface area contributed by atoms with Gasteiger partial charge in [0.2, 0.25) is 0 Å². The first-order valence-corrected chi connectivity index (χ1v) is 6.21. The molecule has 2 N–H and O–H groups in total. The number of nitrogens with one attached hydrogen (secondary N) is 2. The van der Waals surface area contributed by atoms with E-state index in [2.05, 4.69) is 50.1 Å². The summed E-state index contributed by atoms with van der Waals surface area (Å²) in [6.45, 7) is 10.2. The largest absolute Gasteiger partial charge is 0.367 e. The first-order valence-electron chi connectivity index (χ1n) is 6.21. The fraction of sp³-hybridized carbons (Fsp3) is 0.643. The average Bonchev–Trinajstić information content (AvgIpc) is 2.77. The van der Waals surface area contributed by atoms with E-state index in [4.69, 9.17) is 5.26 Å². The molecule has 3 nitrogen and oxygen atoms in total. The maximum Gasteiger partial charge on any atom is 0.0671 e. The van der Waals surface area contributed by atoms with Gasteiger partial charge in [-0.05, 0) is 17.5 Å². The van der Waals surface area contributed by atoms with Crippen molar-refractivity contribution in [2.75, 3.05) is 13.1 Å². The van der Waals surface area contributed by atoms with Crippen LogP contribution in [0.15, 0.2) is 18.5 Å². The van der Waals surface area contributed by atoms with Gasteiger partial charge in [-0.3, -0.25) is 0 Å². The summed E-state index contributed by atoms with van der Waals surface area (Å²) in [5.41, 5.74) is 1.39. The van der Waals surface area contributed by atoms with Crippen molar-refractivity contribution in [2.24, 2.45) is 11.8 Å². The zero-order valence-corrected chi connectivity index (χ0v) is 11.2. The maximum atomic E-state index is 9.01. The zero-order chi connectivity index (χ0) is 12.9. The van der Waals surface area contributed by atoms with Crippen LogP contribution in [0, 0.1) is 23.2 Å². The molecule has 0 radical (unpaired) electrons. The minimum absolute atomic E-state index is 0.0942. The summed E-state index contributed by atoms with van der Waals surface area (Å²) in [6, 6.07) is 4.46. The highest BCUT2D eigenvalue weighted by molar-refractivity contribution is 5.20. The molecule has 0 amide bonds. The molecule has 0 saturated heterocycles. The van der Waals surface area contributed by atoms with Crippen molar-refractivity contribution >= 4 is 0 Å². The summed E-state index contributed by atoms with van der Waals surface area (Å²) < 4.78 is 0. The Morgan fingerprint density at radius 1 is 1.47 bits per heavy atom. The van der Waals surface area contributed by atoms with E-state index >= 15 is 0 Å². The zero-order valence-electron chi connectivity index (χ0n) is 11.2. The Morgan fingerprint density at radius 2 is 2.18 bits per heavy atom. The number of hydrogen-bond acceptors (Lipinski definition) is 2. The minimum atomic E-state index is 0.0942. The molecule has 0 aliphatic carbocycles. The van der Waals surface area contributed by atoms with Crippen molar-refractivity contribution in [3.8, 4) is 6.07 Å². The number of nitriles is 1. The number of hydrogen-bond donors (Lipinski definition) is 2. The molecule has 0 saturated carbocycles. The molecule has 1 heterocycles. The summed E-state index contributed by atoms with van der Waals surface area (Å²) in [7, 11) is 0. The Kier molecular flexibility index (Phi) is 4.77. The molecule has 1 atom stereocenters. The molecule has 0 aliphatic rings. The van der Waals surface area contributed by atoms with Crippen LogP contribution in [-0.2, 0) is 5.41 Å². The van der Waals surface area contributed by atoms with Crippen molar-refractivity contribution in [3.63, 3.8) is 0 Å². The molecule has 0 fully saturated rings. The number of nitrogens with zero attached hydrogens (tertiary/aromatic N) is 1. The number of rotatable bonds is 6. The highest BCUT2D eigenvalue weighted by atomic mass is 14.9. The predicted octanol–water partition coefficient (Wildman–Crippen LogP) is 2.68. The smallest absolute Gasteiger partial charge is 0.0671 e. The van der Waals surface area contributed by atoms with Gasteiger partial charge in [-0.1, -0.05) is 27.7 Å². The topological polar surface area (TPSA) is 51.6 Å². The Balaban J connectivity index is 2.44. The average molecular weight is 233 g/mol. The van der Waals surface area contributed by atoms with Gasteiger partial charge in [0.1, 0.15) is 0 Å². The van der Waals surface area contributed by atoms with Crippen LogP contribution >= 0.6 is 0 Å². The summed E-state index contributed by atoms with van der Waals surface area (Å²) in [6.07, 6.45) is 3.98. The van der Waals surface area contributed by atoms with E-state index in [1.54, 1.807) is 0 Å². The highest BCUT2D eigenvalue weighted by Gasteiger charge is 2.21. The fourth-order valence-electron chi connectivity index (χ4n) is 1.82. The van der Waals surface area contributed by atoms with Crippen molar-refractivity contribution in [1.29, 1.82) is 5.26 Å². The van der Waals surface area contributed by atoms with Gasteiger partial charge in [-0.2, -0.15) is 5.26 Å². The minimum Gasteiger partial charge on any atom is -0.367 e. The Hall–Kier alpha value is -1.27. The lowest BCUT2D eigenvalue weighted by Gasteiger charge is -2.25. The molecule has 0 aromatic carbocycles. The van der Waals surface area contributed by atoms with Crippen LogP contribution in [0.5, 0.6) is 0 Å². The lowest BCUT2D eigenvalue weighted by atomic mass is 9.86. The van der Waals surface area contributed by atoms with Crippen molar-refractivity contribution in [3.05, 3.63) is 24.0 Å². The number of H-pyrrole nitrogens is 1.